The molecule has 2 amide bonds. The zero-order valence-electron chi connectivity index (χ0n) is 19.0. The number of rotatable bonds is 8. The number of halogens is 1. The second-order valence-electron chi connectivity index (χ2n) is 8.06. The predicted molar refractivity (Wildman–Crippen MR) is 130 cm³/mol. The summed E-state index contributed by atoms with van der Waals surface area (Å²) in [6.45, 7) is -0.259. The van der Waals surface area contributed by atoms with Gasteiger partial charge in [0.15, 0.2) is 30.5 Å². The molecule has 0 bridgehead atoms. The van der Waals surface area contributed by atoms with E-state index in [1.54, 1.807) is 48.5 Å². The Labute approximate surface area is 211 Å². The number of benzene rings is 3. The second kappa shape index (κ2) is 10.2. The van der Waals surface area contributed by atoms with Crippen molar-refractivity contribution in [2.75, 3.05) is 31.5 Å². The van der Waals surface area contributed by atoms with E-state index >= 15 is 0 Å². The van der Waals surface area contributed by atoms with Gasteiger partial charge in [-0.25, -0.2) is 0 Å². The first-order valence-electron chi connectivity index (χ1n) is 11.1. The number of nitrogens with one attached hydrogen (secondary N) is 1. The molecule has 2 aliphatic rings. The molecule has 0 radical (unpaired) electrons. The Hall–Kier alpha value is -4.24. The van der Waals surface area contributed by atoms with Gasteiger partial charge in [0.05, 0.1) is 10.7 Å². The van der Waals surface area contributed by atoms with E-state index < -0.39 is 5.91 Å². The summed E-state index contributed by atoms with van der Waals surface area (Å²) in [5.74, 6) is 0.998. The van der Waals surface area contributed by atoms with Crippen molar-refractivity contribution in [2.45, 2.75) is 6.54 Å². The molecule has 2 aliphatic heterocycles. The van der Waals surface area contributed by atoms with E-state index in [4.69, 9.17) is 30.5 Å². The van der Waals surface area contributed by atoms with Gasteiger partial charge < -0.3 is 24.3 Å². The predicted octanol–water partition coefficient (Wildman–Crippen LogP) is 3.37. The lowest BCUT2D eigenvalue weighted by Crippen LogP contribution is -2.45. The Bertz CT molecular complexity index is 1340. The van der Waals surface area contributed by atoms with Crippen molar-refractivity contribution in [3.63, 3.8) is 0 Å². The Morgan fingerprint density at radius 1 is 0.972 bits per heavy atom. The molecule has 3 aromatic rings. The highest BCUT2D eigenvalue weighted by atomic mass is 35.5. The van der Waals surface area contributed by atoms with Crippen LogP contribution in [0.2, 0.25) is 5.02 Å². The van der Waals surface area contributed by atoms with Gasteiger partial charge >= 0.3 is 0 Å². The molecule has 1 N–H and O–H groups in total. The summed E-state index contributed by atoms with van der Waals surface area (Å²) < 4.78 is 21.7. The van der Waals surface area contributed by atoms with Crippen molar-refractivity contribution >= 4 is 34.9 Å². The van der Waals surface area contributed by atoms with Gasteiger partial charge in [-0.05, 0) is 48.0 Å². The molecule has 0 spiro atoms. The van der Waals surface area contributed by atoms with Crippen molar-refractivity contribution in [2.24, 2.45) is 0 Å². The van der Waals surface area contributed by atoms with Gasteiger partial charge in [-0.1, -0.05) is 29.8 Å². The highest BCUT2D eigenvalue weighted by molar-refractivity contribution is 6.32. The van der Waals surface area contributed by atoms with Crippen molar-refractivity contribution in [3.05, 3.63) is 76.8 Å². The number of nitrogens with zero attached hydrogens (tertiary/aromatic N) is 1. The van der Waals surface area contributed by atoms with Gasteiger partial charge in [0.25, 0.3) is 5.91 Å². The molecule has 0 unspecified atom stereocenters. The Balaban J connectivity index is 1.25. The number of Topliss-reactive ketones (excluding diaryl/α,β-unsaturated/α-hetero) is 1. The van der Waals surface area contributed by atoms with Gasteiger partial charge in [-0.3, -0.25) is 19.3 Å². The molecule has 10 heteroatoms. The minimum Gasteiger partial charge on any atom is -0.484 e. The van der Waals surface area contributed by atoms with Crippen molar-refractivity contribution in [3.8, 4) is 23.0 Å². The lowest BCUT2D eigenvalue weighted by atomic mass is 10.1. The van der Waals surface area contributed by atoms with Crippen LogP contribution < -0.4 is 29.2 Å². The highest BCUT2D eigenvalue weighted by Crippen LogP contribution is 2.34. The maximum atomic E-state index is 12.8. The fourth-order valence-electron chi connectivity index (χ4n) is 3.79. The molecular formula is C26H21ClN2O7. The van der Waals surface area contributed by atoms with Crippen LogP contribution in [0.4, 0.5) is 5.69 Å². The number of amides is 2. The molecule has 0 aliphatic carbocycles. The lowest BCUT2D eigenvalue weighted by molar-refractivity contribution is -0.125. The van der Waals surface area contributed by atoms with Gasteiger partial charge in [0.1, 0.15) is 18.0 Å². The number of hydrogen-bond acceptors (Lipinski definition) is 7. The summed E-state index contributed by atoms with van der Waals surface area (Å²) in [6, 6.07) is 17.0. The van der Waals surface area contributed by atoms with Gasteiger partial charge in [-0.15, -0.1) is 0 Å². The quantitative estimate of drug-likeness (QED) is 0.465. The molecule has 9 nitrogen and oxygen atoms in total. The number of fused-ring (bicyclic) bond motifs is 2. The third-order valence-electron chi connectivity index (χ3n) is 5.65. The van der Waals surface area contributed by atoms with Crippen LogP contribution in [0.25, 0.3) is 0 Å². The van der Waals surface area contributed by atoms with Crippen LogP contribution in [0.5, 0.6) is 23.0 Å². The molecule has 0 atom stereocenters. The summed E-state index contributed by atoms with van der Waals surface area (Å²) in [6.07, 6.45) is 0. The van der Waals surface area contributed by atoms with Crippen molar-refractivity contribution in [1.29, 1.82) is 0 Å². The number of carbonyl (C=O) groups excluding carboxylic acids is 3. The average Bonchev–Trinajstić information content (AvgIpc) is 3.36. The molecule has 2 heterocycles. The summed E-state index contributed by atoms with van der Waals surface area (Å²) in [7, 11) is 0. The van der Waals surface area contributed by atoms with E-state index in [1.807, 2.05) is 6.07 Å². The first-order valence-corrected chi connectivity index (χ1v) is 11.5. The molecule has 0 saturated carbocycles. The first-order chi connectivity index (χ1) is 17.5. The van der Waals surface area contributed by atoms with Crippen LogP contribution in [0.1, 0.15) is 15.9 Å². The average molecular weight is 509 g/mol. The number of anilines is 1. The lowest BCUT2D eigenvalue weighted by Gasteiger charge is -2.29. The Kier molecular flexibility index (Phi) is 6.64. The molecular weight excluding hydrogens is 488 g/mol. The minimum absolute atomic E-state index is 0.167. The Morgan fingerprint density at radius 2 is 1.78 bits per heavy atom. The van der Waals surface area contributed by atoms with E-state index in [-0.39, 0.29) is 44.8 Å². The maximum Gasteiger partial charge on any atom is 0.265 e. The normalized spacial score (nSPS) is 13.6. The topological polar surface area (TPSA) is 103 Å². The summed E-state index contributed by atoms with van der Waals surface area (Å²) >= 11 is 6.08. The van der Waals surface area contributed by atoms with Crippen molar-refractivity contribution in [1.82, 2.24) is 5.32 Å². The second-order valence-corrected chi connectivity index (χ2v) is 8.46. The van der Waals surface area contributed by atoms with Gasteiger partial charge in [0, 0.05) is 12.1 Å². The first kappa shape index (κ1) is 23.5. The van der Waals surface area contributed by atoms with Crippen LogP contribution in [-0.2, 0) is 16.1 Å². The largest absolute Gasteiger partial charge is 0.484 e. The standard InChI is InChI=1S/C26H21ClN2O7/c27-18-3-1-2-4-21(18)33-13-20(30)17-6-8-22-19(10-17)29(26(32)14-34-22)12-25(31)28-11-16-5-7-23-24(9-16)36-15-35-23/h1-10H,11-15H2,(H,28,31). The molecule has 5 rings (SSSR count). The fraction of sp³-hybridized carbons (Fsp3) is 0.192. The Morgan fingerprint density at radius 3 is 2.64 bits per heavy atom. The third-order valence-corrected chi connectivity index (χ3v) is 5.96. The monoisotopic (exact) mass is 508 g/mol. The zero-order chi connectivity index (χ0) is 25.1. The number of hydrogen-bond donors (Lipinski definition) is 1. The third kappa shape index (κ3) is 5.06. The van der Waals surface area contributed by atoms with E-state index in [2.05, 4.69) is 5.32 Å². The van der Waals surface area contributed by atoms with Crippen LogP contribution >= 0.6 is 11.6 Å². The maximum absolute atomic E-state index is 12.8. The van der Waals surface area contributed by atoms with E-state index in [9.17, 15) is 14.4 Å². The summed E-state index contributed by atoms with van der Waals surface area (Å²) in [5.41, 5.74) is 1.48. The van der Waals surface area contributed by atoms with Crippen LogP contribution in [-0.4, -0.2) is 44.1 Å². The van der Waals surface area contributed by atoms with E-state index in [0.717, 1.165) is 5.56 Å². The van der Waals surface area contributed by atoms with Crippen molar-refractivity contribution < 1.29 is 33.3 Å². The van der Waals surface area contributed by atoms with E-state index in [1.165, 1.54) is 11.0 Å². The highest BCUT2D eigenvalue weighted by Gasteiger charge is 2.28. The number of para-hydroxylation sites is 1. The molecule has 36 heavy (non-hydrogen) atoms. The smallest absolute Gasteiger partial charge is 0.265 e. The van der Waals surface area contributed by atoms with E-state index in [0.29, 0.717) is 39.3 Å². The molecule has 0 fully saturated rings. The SMILES string of the molecule is O=C(CN1C(=O)COc2ccc(C(=O)COc3ccccc3Cl)cc21)NCc1ccc2c(c1)OCO2. The molecule has 0 saturated heterocycles. The molecule has 3 aromatic carbocycles. The number of carbonyl (C=O) groups is 3. The molecule has 184 valence electrons. The fourth-order valence-corrected chi connectivity index (χ4v) is 3.98. The van der Waals surface area contributed by atoms with Gasteiger partial charge in [0.2, 0.25) is 12.7 Å². The number of ether oxygens (including phenoxy) is 4. The van der Waals surface area contributed by atoms with Crippen LogP contribution in [0, 0.1) is 0 Å². The van der Waals surface area contributed by atoms with Gasteiger partial charge in [-0.2, -0.15) is 0 Å². The number of ketones is 1. The summed E-state index contributed by atoms with van der Waals surface area (Å²) in [4.78, 5) is 39.3. The molecule has 0 aromatic heterocycles. The summed E-state index contributed by atoms with van der Waals surface area (Å²) in [5, 5.41) is 3.20. The minimum atomic E-state index is -0.391. The van der Waals surface area contributed by atoms with Crippen LogP contribution in [0.3, 0.4) is 0 Å². The van der Waals surface area contributed by atoms with Crippen LogP contribution in [0.15, 0.2) is 60.7 Å². The zero-order valence-corrected chi connectivity index (χ0v) is 19.7.